The summed E-state index contributed by atoms with van der Waals surface area (Å²) in [5.41, 5.74) is -0.130. The number of rotatable bonds is 11. The molecule has 0 saturated carbocycles. The Morgan fingerprint density at radius 1 is 0.865 bits per heavy atom. The van der Waals surface area contributed by atoms with Gasteiger partial charge in [0.15, 0.2) is 0 Å². The Labute approximate surface area is 207 Å². The maximum absolute atomic E-state index is 14.3. The minimum Gasteiger partial charge on any atom is -0.497 e. The summed E-state index contributed by atoms with van der Waals surface area (Å²) in [6.45, 7) is 1.34. The van der Waals surface area contributed by atoms with E-state index in [1.54, 1.807) is 6.92 Å². The molecule has 0 aliphatic heterocycles. The second-order valence-corrected chi connectivity index (χ2v) is 9.75. The molecule has 0 unspecified atom stereocenters. The number of hydrogen-bond donors (Lipinski definition) is 1. The molecule has 0 bridgehead atoms. The lowest BCUT2D eigenvalue weighted by molar-refractivity contribution is -0.388. The maximum Gasteiger partial charge on any atom is 0.460 e. The van der Waals surface area contributed by atoms with Gasteiger partial charge in [0.2, 0.25) is 10.0 Å². The number of sulfonamides is 1. The number of methoxy groups -OCH3 is 1. The predicted octanol–water partition coefficient (Wildman–Crippen LogP) is 6.61. The van der Waals surface area contributed by atoms with Crippen LogP contribution in [0.1, 0.15) is 24.0 Å². The zero-order valence-electron chi connectivity index (χ0n) is 19.4. The molecule has 2 rings (SSSR count). The number of benzene rings is 2. The molecule has 0 amide bonds. The van der Waals surface area contributed by atoms with Crippen molar-refractivity contribution < 1.29 is 52.7 Å². The van der Waals surface area contributed by atoms with Gasteiger partial charge in [-0.1, -0.05) is 29.8 Å². The summed E-state index contributed by atoms with van der Waals surface area (Å²) in [4.78, 5) is -0.107. The van der Waals surface area contributed by atoms with Crippen LogP contribution in [0.5, 0.6) is 5.75 Å². The number of allylic oxidation sites excluding steroid dienone is 2. The molecule has 206 valence electrons. The van der Waals surface area contributed by atoms with Gasteiger partial charge in [0.05, 0.1) is 12.0 Å². The molecule has 0 atom stereocenters. The second-order valence-electron chi connectivity index (χ2n) is 7.98. The standard InChI is InChI=1S/C23H22F9NO3S/c1-15-5-11-19(12-6-15)37(34,35)33-13-3-4-17(16-7-9-18(36-2)10-8-16)14-20(24,25)21(26,27)22(28,29)23(30,31)32/h5-12,14,33H,3-4,13H2,1-2H3/b17-14+. The molecule has 0 heterocycles. The average Bonchev–Trinajstić information content (AvgIpc) is 2.80. The molecule has 0 saturated heterocycles. The Bertz CT molecular complexity index is 1190. The fourth-order valence-electron chi connectivity index (χ4n) is 3.09. The monoisotopic (exact) mass is 563 g/mol. The molecule has 2 aromatic rings. The van der Waals surface area contributed by atoms with E-state index in [-0.39, 0.29) is 29.2 Å². The maximum atomic E-state index is 14.3. The van der Waals surface area contributed by atoms with Crippen molar-refractivity contribution in [3.8, 4) is 5.75 Å². The summed E-state index contributed by atoms with van der Waals surface area (Å²) in [6.07, 6.45) is -8.46. The van der Waals surface area contributed by atoms with Gasteiger partial charge in [0, 0.05) is 6.54 Å². The summed E-state index contributed by atoms with van der Waals surface area (Å²) in [5.74, 6) is -19.6. The first kappa shape index (κ1) is 30.5. The van der Waals surface area contributed by atoms with E-state index in [1.165, 1.54) is 43.5 Å². The second kappa shape index (κ2) is 10.9. The Hall–Kier alpha value is -2.74. The predicted molar refractivity (Wildman–Crippen MR) is 117 cm³/mol. The van der Waals surface area contributed by atoms with Crippen molar-refractivity contribution in [2.24, 2.45) is 0 Å². The van der Waals surface area contributed by atoms with E-state index in [1.807, 2.05) is 0 Å². The zero-order chi connectivity index (χ0) is 28.3. The number of ether oxygens (including phenoxy) is 1. The van der Waals surface area contributed by atoms with E-state index in [0.717, 1.165) is 17.7 Å². The molecule has 2 aromatic carbocycles. The molecular weight excluding hydrogens is 541 g/mol. The van der Waals surface area contributed by atoms with E-state index in [0.29, 0.717) is 0 Å². The summed E-state index contributed by atoms with van der Waals surface area (Å²) in [6, 6.07) is 10.3. The number of hydrogen-bond acceptors (Lipinski definition) is 3. The first-order valence-electron chi connectivity index (χ1n) is 10.5. The van der Waals surface area contributed by atoms with Gasteiger partial charge in [-0.05, 0) is 61.2 Å². The quantitative estimate of drug-likeness (QED) is 0.247. The van der Waals surface area contributed by atoms with Crippen molar-refractivity contribution in [1.82, 2.24) is 4.72 Å². The van der Waals surface area contributed by atoms with Gasteiger partial charge in [0.1, 0.15) is 5.75 Å². The van der Waals surface area contributed by atoms with E-state index in [4.69, 9.17) is 4.74 Å². The molecule has 0 fully saturated rings. The van der Waals surface area contributed by atoms with E-state index < -0.39 is 52.0 Å². The third-order valence-electron chi connectivity index (χ3n) is 5.23. The smallest absolute Gasteiger partial charge is 0.460 e. The zero-order valence-corrected chi connectivity index (χ0v) is 20.2. The van der Waals surface area contributed by atoms with Crippen molar-refractivity contribution in [2.75, 3.05) is 13.7 Å². The molecule has 0 aromatic heterocycles. The van der Waals surface area contributed by atoms with Crippen LogP contribution in [0.4, 0.5) is 39.5 Å². The summed E-state index contributed by atoms with van der Waals surface area (Å²) < 4.78 is 152. The molecule has 1 N–H and O–H groups in total. The minimum atomic E-state index is -7.03. The third-order valence-corrected chi connectivity index (χ3v) is 6.71. The Morgan fingerprint density at radius 2 is 1.41 bits per heavy atom. The molecule has 0 aliphatic rings. The van der Waals surface area contributed by atoms with Gasteiger partial charge in [-0.3, -0.25) is 0 Å². The summed E-state index contributed by atoms with van der Waals surface area (Å²) >= 11 is 0. The van der Waals surface area contributed by atoms with Crippen LogP contribution in [0, 0.1) is 6.92 Å². The summed E-state index contributed by atoms with van der Waals surface area (Å²) in [5, 5.41) is 0. The van der Waals surface area contributed by atoms with Crippen molar-refractivity contribution >= 4 is 15.6 Å². The lowest BCUT2D eigenvalue weighted by Gasteiger charge is -2.32. The molecule has 0 aliphatic carbocycles. The van der Waals surface area contributed by atoms with Crippen LogP contribution >= 0.6 is 0 Å². The number of aryl methyl sites for hydroxylation is 1. The fourth-order valence-corrected chi connectivity index (χ4v) is 4.16. The van der Waals surface area contributed by atoms with Crippen LogP contribution in [0.15, 0.2) is 59.5 Å². The number of nitrogens with one attached hydrogen (secondary N) is 1. The topological polar surface area (TPSA) is 55.4 Å². The lowest BCUT2D eigenvalue weighted by atomic mass is 9.95. The highest BCUT2D eigenvalue weighted by atomic mass is 32.2. The molecular formula is C23H22F9NO3S. The highest BCUT2D eigenvalue weighted by molar-refractivity contribution is 7.89. The van der Waals surface area contributed by atoms with Gasteiger partial charge in [-0.2, -0.15) is 39.5 Å². The van der Waals surface area contributed by atoms with Crippen molar-refractivity contribution in [3.63, 3.8) is 0 Å². The van der Waals surface area contributed by atoms with Crippen LogP contribution in [-0.4, -0.2) is 46.0 Å². The Morgan fingerprint density at radius 3 is 1.89 bits per heavy atom. The Kier molecular flexibility index (Phi) is 9.01. The van der Waals surface area contributed by atoms with Crippen molar-refractivity contribution in [1.29, 1.82) is 0 Å². The van der Waals surface area contributed by atoms with Gasteiger partial charge < -0.3 is 4.74 Å². The molecule has 0 radical (unpaired) electrons. The van der Waals surface area contributed by atoms with Gasteiger partial charge in [-0.25, -0.2) is 13.1 Å². The average molecular weight is 563 g/mol. The minimum absolute atomic E-state index is 0.107. The number of halogens is 9. The SMILES string of the molecule is COc1ccc(/C(=C/C(F)(F)C(F)(F)C(F)(F)C(F)(F)F)CCCNS(=O)(=O)c2ccc(C)cc2)cc1. The largest absolute Gasteiger partial charge is 0.497 e. The molecule has 14 heteroatoms. The first-order chi connectivity index (χ1) is 16.9. The molecule has 4 nitrogen and oxygen atoms in total. The highest BCUT2D eigenvalue weighted by Crippen LogP contribution is 2.54. The van der Waals surface area contributed by atoms with Gasteiger partial charge in [0.25, 0.3) is 0 Å². The molecule has 0 spiro atoms. The normalized spacial score (nSPS) is 14.1. The van der Waals surface area contributed by atoms with Gasteiger partial charge in [-0.15, -0.1) is 0 Å². The van der Waals surface area contributed by atoms with Crippen LogP contribution in [-0.2, 0) is 10.0 Å². The molecule has 37 heavy (non-hydrogen) atoms. The van der Waals surface area contributed by atoms with Crippen molar-refractivity contribution in [2.45, 2.75) is 48.6 Å². The highest BCUT2D eigenvalue weighted by Gasteiger charge is 2.81. The van der Waals surface area contributed by atoms with Crippen LogP contribution in [0.25, 0.3) is 5.57 Å². The van der Waals surface area contributed by atoms with Crippen LogP contribution < -0.4 is 9.46 Å². The Balaban J connectivity index is 2.33. The van der Waals surface area contributed by atoms with E-state index >= 15 is 0 Å². The van der Waals surface area contributed by atoms with Crippen LogP contribution in [0.2, 0.25) is 0 Å². The fraction of sp³-hybridized carbons (Fsp3) is 0.391. The van der Waals surface area contributed by atoms with E-state index in [9.17, 15) is 47.9 Å². The van der Waals surface area contributed by atoms with Crippen molar-refractivity contribution in [3.05, 3.63) is 65.7 Å². The van der Waals surface area contributed by atoms with Gasteiger partial charge >= 0.3 is 23.9 Å². The van der Waals surface area contributed by atoms with E-state index in [2.05, 4.69) is 4.72 Å². The summed E-state index contributed by atoms with van der Waals surface area (Å²) in [7, 11) is -2.76. The van der Waals surface area contributed by atoms with Crippen LogP contribution in [0.3, 0.4) is 0 Å². The first-order valence-corrected chi connectivity index (χ1v) is 12.0. The lowest BCUT2D eigenvalue weighted by Crippen LogP contribution is -2.60. The number of alkyl halides is 9. The third kappa shape index (κ3) is 6.78.